The number of carboxylic acids is 1. The summed E-state index contributed by atoms with van der Waals surface area (Å²) >= 11 is 0. The molecule has 0 saturated heterocycles. The number of nitrogens with two attached hydrogens (primary N) is 1. The normalized spacial score (nSPS) is 20.0. The first-order valence-corrected chi connectivity index (χ1v) is 9.41. The van der Waals surface area contributed by atoms with Gasteiger partial charge in [-0.2, -0.15) is 5.10 Å². The van der Waals surface area contributed by atoms with Crippen LogP contribution in [0.1, 0.15) is 37.4 Å². The molecule has 1 aromatic carbocycles. The van der Waals surface area contributed by atoms with Crippen molar-refractivity contribution in [2.75, 3.05) is 5.73 Å². The van der Waals surface area contributed by atoms with E-state index >= 15 is 0 Å². The van der Waals surface area contributed by atoms with Crippen LogP contribution in [-0.4, -0.2) is 35.6 Å². The molecular weight excluding hydrogens is 356 g/mol. The fourth-order valence-electron chi connectivity index (χ4n) is 4.24. The molecule has 1 saturated carbocycles. The number of imidazole rings is 1. The highest BCUT2D eigenvalue weighted by Crippen LogP contribution is 2.38. The van der Waals surface area contributed by atoms with Gasteiger partial charge in [-0.05, 0) is 43.2 Å². The molecule has 28 heavy (non-hydrogen) atoms. The molecule has 0 radical (unpaired) electrons. The molecule has 3 heterocycles. The largest absolute Gasteiger partial charge is 0.481 e. The summed E-state index contributed by atoms with van der Waals surface area (Å²) < 4.78 is 1.78. The second-order valence-electron chi connectivity index (χ2n) is 7.39. The Morgan fingerprint density at radius 2 is 2.04 bits per heavy atom. The molecule has 142 valence electrons. The van der Waals surface area contributed by atoms with Gasteiger partial charge in [0, 0.05) is 23.2 Å². The fourth-order valence-corrected chi connectivity index (χ4v) is 4.24. The highest BCUT2D eigenvalue weighted by molar-refractivity contribution is 5.90. The summed E-state index contributed by atoms with van der Waals surface area (Å²) in [4.78, 5) is 23.6. The number of nitrogens with one attached hydrogen (secondary N) is 1. The van der Waals surface area contributed by atoms with Gasteiger partial charge in [0.1, 0.15) is 23.4 Å². The minimum absolute atomic E-state index is 0.153. The van der Waals surface area contributed by atoms with Crippen LogP contribution in [-0.2, 0) is 4.79 Å². The van der Waals surface area contributed by atoms with Gasteiger partial charge in [-0.25, -0.2) is 14.5 Å². The molecular formula is C20H20N6O2. The number of rotatable bonds is 3. The van der Waals surface area contributed by atoms with E-state index in [2.05, 4.69) is 21.1 Å². The number of hydrogen-bond acceptors (Lipinski definition) is 5. The van der Waals surface area contributed by atoms with E-state index in [1.807, 2.05) is 24.4 Å². The number of nitrogen functional groups attached to an aromatic ring is 1. The SMILES string of the molecule is Nc1ncnn2c1c(-c1ccc3cc[nH]c3c1)nc2[C@H]1CC[C@H](C(=O)O)CC1. The van der Waals surface area contributed by atoms with E-state index in [1.54, 1.807) is 4.52 Å². The van der Waals surface area contributed by atoms with Crippen LogP contribution >= 0.6 is 0 Å². The zero-order valence-electron chi connectivity index (χ0n) is 15.2. The molecule has 0 unspecified atom stereocenters. The van der Waals surface area contributed by atoms with Gasteiger partial charge in [-0.15, -0.1) is 0 Å². The van der Waals surface area contributed by atoms with E-state index in [9.17, 15) is 9.90 Å². The van der Waals surface area contributed by atoms with Gasteiger partial charge in [0.05, 0.1) is 5.92 Å². The van der Waals surface area contributed by atoms with Crippen molar-refractivity contribution < 1.29 is 9.90 Å². The summed E-state index contributed by atoms with van der Waals surface area (Å²) in [6.07, 6.45) is 6.19. The van der Waals surface area contributed by atoms with E-state index in [-0.39, 0.29) is 11.8 Å². The first-order chi connectivity index (χ1) is 13.6. The molecule has 1 aliphatic carbocycles. The Balaban J connectivity index is 1.62. The highest BCUT2D eigenvalue weighted by atomic mass is 16.4. The first kappa shape index (κ1) is 16.7. The third kappa shape index (κ3) is 2.60. The van der Waals surface area contributed by atoms with Crippen LogP contribution in [0.5, 0.6) is 0 Å². The Morgan fingerprint density at radius 3 is 2.82 bits per heavy atom. The number of benzene rings is 1. The van der Waals surface area contributed by atoms with Crippen LogP contribution in [0, 0.1) is 5.92 Å². The Kier molecular flexibility index (Phi) is 3.78. The molecule has 8 nitrogen and oxygen atoms in total. The van der Waals surface area contributed by atoms with E-state index in [0.29, 0.717) is 24.2 Å². The number of carboxylic acid groups (broad SMARTS) is 1. The molecule has 4 aromatic rings. The average molecular weight is 376 g/mol. The van der Waals surface area contributed by atoms with E-state index in [1.165, 1.54) is 6.33 Å². The predicted octanol–water partition coefficient (Wildman–Crippen LogP) is 3.21. The Hall–Kier alpha value is -3.42. The summed E-state index contributed by atoms with van der Waals surface area (Å²) in [7, 11) is 0. The van der Waals surface area contributed by atoms with Gasteiger partial charge < -0.3 is 15.8 Å². The maximum atomic E-state index is 11.3. The number of hydrogen-bond donors (Lipinski definition) is 3. The zero-order valence-corrected chi connectivity index (χ0v) is 15.2. The maximum absolute atomic E-state index is 11.3. The van der Waals surface area contributed by atoms with Crippen LogP contribution in [0.15, 0.2) is 36.8 Å². The van der Waals surface area contributed by atoms with Gasteiger partial charge in [0.25, 0.3) is 0 Å². The van der Waals surface area contributed by atoms with Crippen molar-refractivity contribution in [3.8, 4) is 11.3 Å². The zero-order chi connectivity index (χ0) is 19.3. The van der Waals surface area contributed by atoms with E-state index < -0.39 is 5.97 Å². The lowest BCUT2D eigenvalue weighted by atomic mass is 9.82. The highest BCUT2D eigenvalue weighted by Gasteiger charge is 2.30. The Bertz CT molecular complexity index is 1190. The molecule has 0 amide bonds. The number of anilines is 1. The number of aliphatic carboxylic acids is 1. The molecule has 8 heteroatoms. The minimum atomic E-state index is -0.710. The first-order valence-electron chi connectivity index (χ1n) is 9.41. The number of fused-ring (bicyclic) bond motifs is 2. The summed E-state index contributed by atoms with van der Waals surface area (Å²) in [6, 6.07) is 8.14. The summed E-state index contributed by atoms with van der Waals surface area (Å²) in [5.74, 6) is 0.388. The van der Waals surface area contributed by atoms with Gasteiger partial charge in [0.2, 0.25) is 0 Å². The Labute approximate surface area is 160 Å². The second-order valence-corrected chi connectivity index (χ2v) is 7.39. The van der Waals surface area contributed by atoms with Crippen molar-refractivity contribution in [1.82, 2.24) is 24.6 Å². The van der Waals surface area contributed by atoms with Crippen LogP contribution in [0.4, 0.5) is 5.82 Å². The fraction of sp³-hybridized carbons (Fsp3) is 0.300. The maximum Gasteiger partial charge on any atom is 0.306 e. The standard InChI is InChI=1S/C20H20N6O2/c21-18-17-16(14-6-1-11-7-8-22-15(11)9-14)25-19(26(17)24-10-23-18)12-2-4-13(5-3-12)20(27)28/h1,6-10,12-13,22H,2-5H2,(H,27,28)(H2,21,23,24)/t12-,13-. The number of carbonyl (C=O) groups is 1. The molecule has 3 aromatic heterocycles. The Morgan fingerprint density at radius 1 is 1.21 bits per heavy atom. The van der Waals surface area contributed by atoms with Gasteiger partial charge in [-0.3, -0.25) is 4.79 Å². The predicted molar refractivity (Wildman–Crippen MR) is 105 cm³/mol. The number of H-pyrrole nitrogens is 1. The van der Waals surface area contributed by atoms with Crippen LogP contribution in [0.25, 0.3) is 27.7 Å². The lowest BCUT2D eigenvalue weighted by Gasteiger charge is -2.24. The smallest absolute Gasteiger partial charge is 0.306 e. The number of aromatic nitrogens is 5. The van der Waals surface area contributed by atoms with Crippen molar-refractivity contribution in [2.45, 2.75) is 31.6 Å². The summed E-state index contributed by atoms with van der Waals surface area (Å²) in [6.45, 7) is 0. The molecule has 0 spiro atoms. The summed E-state index contributed by atoms with van der Waals surface area (Å²) in [5.41, 5.74) is 9.62. The van der Waals surface area contributed by atoms with Crippen molar-refractivity contribution >= 4 is 28.2 Å². The second kappa shape index (κ2) is 6.33. The number of aromatic amines is 1. The van der Waals surface area contributed by atoms with Gasteiger partial charge in [0.15, 0.2) is 5.82 Å². The van der Waals surface area contributed by atoms with Crippen LogP contribution in [0.3, 0.4) is 0 Å². The van der Waals surface area contributed by atoms with E-state index in [4.69, 9.17) is 10.7 Å². The third-order valence-corrected chi connectivity index (χ3v) is 5.76. The van der Waals surface area contributed by atoms with Crippen molar-refractivity contribution in [3.63, 3.8) is 0 Å². The van der Waals surface area contributed by atoms with Crippen molar-refractivity contribution in [2.24, 2.45) is 5.92 Å². The summed E-state index contributed by atoms with van der Waals surface area (Å²) in [5, 5.41) is 14.8. The van der Waals surface area contributed by atoms with Crippen LogP contribution in [0.2, 0.25) is 0 Å². The van der Waals surface area contributed by atoms with E-state index in [0.717, 1.165) is 40.8 Å². The van der Waals surface area contributed by atoms with Crippen molar-refractivity contribution in [3.05, 3.63) is 42.6 Å². The van der Waals surface area contributed by atoms with Gasteiger partial charge in [-0.1, -0.05) is 12.1 Å². The average Bonchev–Trinajstić information content (AvgIpc) is 3.33. The lowest BCUT2D eigenvalue weighted by molar-refractivity contribution is -0.142. The molecule has 1 fully saturated rings. The topological polar surface area (TPSA) is 122 Å². The quantitative estimate of drug-likeness (QED) is 0.505. The third-order valence-electron chi connectivity index (χ3n) is 5.76. The number of nitrogens with zero attached hydrogens (tertiary/aromatic N) is 4. The van der Waals surface area contributed by atoms with Crippen LogP contribution < -0.4 is 5.73 Å². The van der Waals surface area contributed by atoms with Crippen molar-refractivity contribution in [1.29, 1.82) is 0 Å². The monoisotopic (exact) mass is 376 g/mol. The molecule has 1 aliphatic rings. The van der Waals surface area contributed by atoms with Gasteiger partial charge >= 0.3 is 5.97 Å². The molecule has 5 rings (SSSR count). The molecule has 0 aliphatic heterocycles. The minimum Gasteiger partial charge on any atom is -0.481 e. The molecule has 4 N–H and O–H groups in total. The molecule has 0 atom stereocenters. The molecule has 0 bridgehead atoms. The lowest BCUT2D eigenvalue weighted by Crippen LogP contribution is -2.21.